The summed E-state index contributed by atoms with van der Waals surface area (Å²) in [6.45, 7) is 1.81. The second kappa shape index (κ2) is 9.98. The number of hydrogen-bond donors (Lipinski definition) is 0. The van der Waals surface area contributed by atoms with E-state index in [9.17, 15) is 17.6 Å². The molecule has 0 saturated carbocycles. The fourth-order valence-electron chi connectivity index (χ4n) is 4.50. The molecule has 0 atom stereocenters. The van der Waals surface area contributed by atoms with E-state index in [4.69, 9.17) is 10.00 Å². The van der Waals surface area contributed by atoms with Gasteiger partial charge in [0.15, 0.2) is 0 Å². The number of aromatic nitrogens is 1. The minimum absolute atomic E-state index is 0.120. The van der Waals surface area contributed by atoms with Gasteiger partial charge < -0.3 is 4.74 Å². The fourth-order valence-corrected chi connectivity index (χ4v) is 4.50. The van der Waals surface area contributed by atoms with Gasteiger partial charge in [0.25, 0.3) is 0 Å². The van der Waals surface area contributed by atoms with Crippen LogP contribution in [0.5, 0.6) is 5.75 Å². The van der Waals surface area contributed by atoms with E-state index < -0.39 is 17.6 Å². The topological polar surface area (TPSA) is 45.9 Å². The maximum absolute atomic E-state index is 14.3. The number of pyridine rings is 1. The molecule has 7 heteroatoms. The molecule has 0 spiro atoms. The maximum Gasteiger partial charge on any atom is 0.418 e. The Morgan fingerprint density at radius 1 is 0.895 bits per heavy atom. The number of para-hydroxylation sites is 1. The highest BCUT2D eigenvalue weighted by atomic mass is 19.4. The van der Waals surface area contributed by atoms with Crippen LogP contribution in [0.1, 0.15) is 22.3 Å². The van der Waals surface area contributed by atoms with Crippen molar-refractivity contribution >= 4 is 10.9 Å². The highest BCUT2D eigenvalue weighted by Gasteiger charge is 2.33. The van der Waals surface area contributed by atoms with Crippen LogP contribution in [0.2, 0.25) is 0 Å². The Morgan fingerprint density at radius 3 is 2.45 bits per heavy atom. The van der Waals surface area contributed by atoms with Gasteiger partial charge in [-0.15, -0.1) is 0 Å². The van der Waals surface area contributed by atoms with Gasteiger partial charge >= 0.3 is 6.18 Å². The van der Waals surface area contributed by atoms with Crippen molar-refractivity contribution in [3.05, 3.63) is 119 Å². The summed E-state index contributed by atoms with van der Waals surface area (Å²) in [7, 11) is 0. The zero-order valence-electron chi connectivity index (χ0n) is 20.2. The van der Waals surface area contributed by atoms with Crippen LogP contribution in [0.4, 0.5) is 17.6 Å². The molecule has 5 aromatic rings. The molecular weight excluding hydrogens is 492 g/mol. The molecule has 0 N–H and O–H groups in total. The molecule has 0 aliphatic heterocycles. The average molecular weight is 513 g/mol. The van der Waals surface area contributed by atoms with Gasteiger partial charge in [-0.3, -0.25) is 4.98 Å². The van der Waals surface area contributed by atoms with Crippen LogP contribution in [0.3, 0.4) is 0 Å². The number of halogens is 4. The summed E-state index contributed by atoms with van der Waals surface area (Å²) >= 11 is 0. The van der Waals surface area contributed by atoms with Crippen molar-refractivity contribution in [3.63, 3.8) is 0 Å². The highest BCUT2D eigenvalue weighted by Crippen LogP contribution is 2.42. The molecule has 0 unspecified atom stereocenters. The fraction of sp³-hybridized carbons (Fsp3) is 0.0968. The normalized spacial score (nSPS) is 11.4. The van der Waals surface area contributed by atoms with E-state index in [-0.39, 0.29) is 17.7 Å². The molecule has 3 nitrogen and oxygen atoms in total. The van der Waals surface area contributed by atoms with Gasteiger partial charge in [-0.2, -0.15) is 18.4 Å². The summed E-state index contributed by atoms with van der Waals surface area (Å²) in [5, 5.41) is 9.46. The zero-order valence-corrected chi connectivity index (χ0v) is 20.2. The summed E-state index contributed by atoms with van der Waals surface area (Å²) in [5.41, 5.74) is 3.25. The second-order valence-electron chi connectivity index (χ2n) is 8.80. The molecule has 0 amide bonds. The lowest BCUT2D eigenvalue weighted by Crippen LogP contribution is -2.07. The van der Waals surface area contributed by atoms with Crippen LogP contribution in [-0.4, -0.2) is 4.98 Å². The Hall–Kier alpha value is -4.70. The molecule has 0 saturated heterocycles. The molecule has 0 radical (unpaired) electrons. The summed E-state index contributed by atoms with van der Waals surface area (Å²) in [4.78, 5) is 4.26. The Balaban J connectivity index is 1.66. The number of alkyl halides is 3. The molecule has 0 aliphatic carbocycles. The van der Waals surface area contributed by atoms with Crippen LogP contribution >= 0.6 is 0 Å². The van der Waals surface area contributed by atoms with Gasteiger partial charge in [0.05, 0.1) is 22.7 Å². The van der Waals surface area contributed by atoms with E-state index in [1.165, 1.54) is 30.5 Å². The van der Waals surface area contributed by atoms with Gasteiger partial charge in [-0.1, -0.05) is 48.5 Å². The van der Waals surface area contributed by atoms with Crippen LogP contribution in [0.25, 0.3) is 33.2 Å². The minimum Gasteiger partial charge on any atom is -0.489 e. The Kier molecular flexibility index (Phi) is 6.56. The standard InChI is InChI=1S/C31H20F4N2O/c1-19-6-2-3-9-24(19)26-17-37-30-25(10-5-11-27(30)31(33,34)35)29(26)21-7-4-8-23(15-21)38-18-22-14-20(16-36)12-13-28(22)32/h2-15,17H,18H2,1H3. The minimum atomic E-state index is -4.57. The Bertz CT molecular complexity index is 1700. The zero-order chi connectivity index (χ0) is 26.9. The number of nitrogens with zero attached hydrogens (tertiary/aromatic N) is 2. The summed E-state index contributed by atoms with van der Waals surface area (Å²) in [6, 6.07) is 24.5. The molecular formula is C31H20F4N2O. The molecule has 0 aliphatic rings. The monoisotopic (exact) mass is 512 g/mol. The maximum atomic E-state index is 14.3. The van der Waals surface area contributed by atoms with Crippen LogP contribution < -0.4 is 4.74 Å². The van der Waals surface area contributed by atoms with Crippen molar-refractivity contribution < 1.29 is 22.3 Å². The van der Waals surface area contributed by atoms with Crippen molar-refractivity contribution in [2.75, 3.05) is 0 Å². The van der Waals surface area contributed by atoms with E-state index >= 15 is 0 Å². The lowest BCUT2D eigenvalue weighted by atomic mass is 9.90. The van der Waals surface area contributed by atoms with Gasteiger partial charge in [-0.05, 0) is 60.0 Å². The van der Waals surface area contributed by atoms with E-state index in [0.29, 0.717) is 33.4 Å². The highest BCUT2D eigenvalue weighted by molar-refractivity contribution is 6.03. The van der Waals surface area contributed by atoms with E-state index in [1.807, 2.05) is 37.3 Å². The molecule has 4 aromatic carbocycles. The first-order chi connectivity index (χ1) is 18.3. The SMILES string of the molecule is Cc1ccccc1-c1cnc2c(C(F)(F)F)cccc2c1-c1cccc(OCc2cc(C#N)ccc2F)c1. The third-order valence-corrected chi connectivity index (χ3v) is 6.33. The molecule has 5 rings (SSSR count). The molecule has 38 heavy (non-hydrogen) atoms. The van der Waals surface area contributed by atoms with Crippen LogP contribution in [0.15, 0.2) is 91.1 Å². The van der Waals surface area contributed by atoms with Crippen LogP contribution in [-0.2, 0) is 12.8 Å². The molecule has 188 valence electrons. The summed E-state index contributed by atoms with van der Waals surface area (Å²) in [5.74, 6) is -0.0984. The van der Waals surface area contributed by atoms with Gasteiger partial charge in [0.2, 0.25) is 0 Å². The third-order valence-electron chi connectivity index (χ3n) is 6.33. The van der Waals surface area contributed by atoms with Crippen molar-refractivity contribution in [2.24, 2.45) is 0 Å². The lowest BCUT2D eigenvalue weighted by Gasteiger charge is -2.18. The number of nitriles is 1. The number of rotatable bonds is 5. The number of aryl methyl sites for hydroxylation is 1. The second-order valence-corrected chi connectivity index (χ2v) is 8.80. The van der Waals surface area contributed by atoms with Gasteiger partial charge in [-0.25, -0.2) is 4.39 Å². The lowest BCUT2D eigenvalue weighted by molar-refractivity contribution is -0.136. The summed E-state index contributed by atoms with van der Waals surface area (Å²) < 4.78 is 61.6. The third kappa shape index (κ3) is 4.81. The van der Waals surface area contributed by atoms with Crippen LogP contribution in [0, 0.1) is 24.1 Å². The predicted octanol–water partition coefficient (Wildman–Crippen LogP) is 8.49. The largest absolute Gasteiger partial charge is 0.489 e. The smallest absolute Gasteiger partial charge is 0.418 e. The van der Waals surface area contributed by atoms with E-state index in [2.05, 4.69) is 4.98 Å². The molecule has 1 heterocycles. The summed E-state index contributed by atoms with van der Waals surface area (Å²) in [6.07, 6.45) is -3.09. The Labute approximate surface area is 216 Å². The Morgan fingerprint density at radius 2 is 1.68 bits per heavy atom. The van der Waals surface area contributed by atoms with E-state index in [0.717, 1.165) is 17.2 Å². The predicted molar refractivity (Wildman–Crippen MR) is 138 cm³/mol. The van der Waals surface area contributed by atoms with E-state index in [1.54, 1.807) is 30.3 Å². The first-order valence-electron chi connectivity index (χ1n) is 11.7. The number of hydrogen-bond acceptors (Lipinski definition) is 3. The molecule has 0 fully saturated rings. The number of fused-ring (bicyclic) bond motifs is 1. The van der Waals surface area contributed by atoms with Crippen molar-refractivity contribution in [1.29, 1.82) is 5.26 Å². The van der Waals surface area contributed by atoms with Gasteiger partial charge in [0.1, 0.15) is 18.2 Å². The quantitative estimate of drug-likeness (QED) is 0.222. The molecule has 1 aromatic heterocycles. The van der Waals surface area contributed by atoms with Gasteiger partial charge in [0, 0.05) is 28.3 Å². The van der Waals surface area contributed by atoms with Crippen molar-refractivity contribution in [2.45, 2.75) is 19.7 Å². The number of ether oxygens (including phenoxy) is 1. The average Bonchev–Trinajstić information content (AvgIpc) is 2.91. The van der Waals surface area contributed by atoms with Crippen molar-refractivity contribution in [3.8, 4) is 34.1 Å². The molecule has 0 bridgehead atoms. The first-order valence-corrected chi connectivity index (χ1v) is 11.7. The first kappa shape index (κ1) is 25.0. The number of benzene rings is 4. The van der Waals surface area contributed by atoms with Crippen molar-refractivity contribution in [1.82, 2.24) is 4.98 Å².